The predicted octanol–water partition coefficient (Wildman–Crippen LogP) is 1.86. The number of nitrogen functional groups attached to an aromatic ring is 1. The Morgan fingerprint density at radius 3 is 2.67 bits per heavy atom. The fraction of sp³-hybridized carbons (Fsp3) is 0.273. The zero-order valence-corrected chi connectivity index (χ0v) is 8.82. The summed E-state index contributed by atoms with van der Waals surface area (Å²) in [5.41, 5.74) is 9.02. The molecule has 0 saturated heterocycles. The summed E-state index contributed by atoms with van der Waals surface area (Å²) in [5, 5.41) is 7.45. The van der Waals surface area contributed by atoms with E-state index in [1.807, 2.05) is 0 Å². The second-order valence-electron chi connectivity index (χ2n) is 3.64. The number of aryl methyl sites for hydroxylation is 2. The van der Waals surface area contributed by atoms with Crippen molar-refractivity contribution in [2.24, 2.45) is 0 Å². The molecule has 0 spiro atoms. The van der Waals surface area contributed by atoms with E-state index in [9.17, 15) is 0 Å². The highest BCUT2D eigenvalue weighted by molar-refractivity contribution is 5.32. The molecule has 78 valence electrons. The largest absolute Gasteiger partial charge is 0.408 e. The Morgan fingerprint density at radius 1 is 1.27 bits per heavy atom. The minimum Gasteiger partial charge on any atom is -0.408 e. The van der Waals surface area contributed by atoms with Crippen LogP contribution in [0.3, 0.4) is 0 Å². The molecule has 0 bridgehead atoms. The minimum atomic E-state index is 0.120. The molecular weight excluding hydrogens is 190 g/mol. The highest BCUT2D eigenvalue weighted by Crippen LogP contribution is 2.15. The van der Waals surface area contributed by atoms with Gasteiger partial charge in [0.1, 0.15) is 0 Å². The molecule has 0 unspecified atom stereocenters. The van der Waals surface area contributed by atoms with Crippen LogP contribution in [0.25, 0.3) is 0 Å². The molecule has 2 aromatic rings. The third kappa shape index (κ3) is 2.15. The number of nitrogens with two attached hydrogens (primary N) is 1. The third-order valence-corrected chi connectivity index (χ3v) is 2.32. The normalized spacial score (nSPS) is 10.5. The van der Waals surface area contributed by atoms with Gasteiger partial charge < -0.3 is 10.2 Å². The van der Waals surface area contributed by atoms with Gasteiger partial charge in [-0.3, -0.25) is 0 Å². The average molecular weight is 203 g/mol. The SMILES string of the molecule is Cc1ccc(Cc2nnc(N)o2)c(C)c1. The lowest BCUT2D eigenvalue weighted by molar-refractivity contribution is 0.522. The summed E-state index contributed by atoms with van der Waals surface area (Å²) in [5.74, 6) is 0.555. The van der Waals surface area contributed by atoms with Crippen molar-refractivity contribution in [1.82, 2.24) is 10.2 Å². The van der Waals surface area contributed by atoms with E-state index in [4.69, 9.17) is 10.2 Å². The molecule has 0 aliphatic rings. The van der Waals surface area contributed by atoms with Crippen molar-refractivity contribution in [2.45, 2.75) is 20.3 Å². The summed E-state index contributed by atoms with van der Waals surface area (Å²) in [6, 6.07) is 6.40. The topological polar surface area (TPSA) is 64.9 Å². The molecule has 4 heteroatoms. The van der Waals surface area contributed by atoms with Crippen molar-refractivity contribution >= 4 is 6.01 Å². The van der Waals surface area contributed by atoms with Crippen LogP contribution in [0.4, 0.5) is 6.01 Å². The number of aromatic nitrogens is 2. The lowest BCUT2D eigenvalue weighted by Gasteiger charge is -2.03. The van der Waals surface area contributed by atoms with Crippen LogP contribution in [0.15, 0.2) is 22.6 Å². The third-order valence-electron chi connectivity index (χ3n) is 2.32. The zero-order valence-electron chi connectivity index (χ0n) is 8.82. The molecule has 1 heterocycles. The van der Waals surface area contributed by atoms with Crippen LogP contribution < -0.4 is 5.73 Å². The van der Waals surface area contributed by atoms with E-state index in [0.29, 0.717) is 12.3 Å². The molecule has 0 aliphatic heterocycles. The zero-order chi connectivity index (χ0) is 10.8. The molecule has 4 nitrogen and oxygen atoms in total. The highest BCUT2D eigenvalue weighted by Gasteiger charge is 2.06. The van der Waals surface area contributed by atoms with Gasteiger partial charge in [0.05, 0.1) is 6.42 Å². The first kappa shape index (κ1) is 9.71. The Kier molecular flexibility index (Phi) is 2.41. The molecule has 0 atom stereocenters. The monoisotopic (exact) mass is 203 g/mol. The molecule has 0 saturated carbocycles. The van der Waals surface area contributed by atoms with Crippen molar-refractivity contribution in [3.05, 3.63) is 40.8 Å². The molecule has 2 rings (SSSR count). The Hall–Kier alpha value is -1.84. The maximum Gasteiger partial charge on any atom is 0.312 e. The quantitative estimate of drug-likeness (QED) is 0.809. The van der Waals surface area contributed by atoms with Crippen LogP contribution in [0, 0.1) is 13.8 Å². The van der Waals surface area contributed by atoms with Crippen LogP contribution in [0.2, 0.25) is 0 Å². The van der Waals surface area contributed by atoms with E-state index in [1.54, 1.807) is 0 Å². The van der Waals surface area contributed by atoms with Gasteiger partial charge in [0.15, 0.2) is 0 Å². The van der Waals surface area contributed by atoms with Gasteiger partial charge in [-0.2, -0.15) is 0 Å². The molecule has 1 aromatic carbocycles. The van der Waals surface area contributed by atoms with Gasteiger partial charge in [0, 0.05) is 0 Å². The van der Waals surface area contributed by atoms with Crippen LogP contribution in [-0.2, 0) is 6.42 Å². The first-order valence-corrected chi connectivity index (χ1v) is 4.79. The highest BCUT2D eigenvalue weighted by atomic mass is 16.4. The first-order valence-electron chi connectivity index (χ1n) is 4.79. The van der Waals surface area contributed by atoms with Gasteiger partial charge in [-0.15, -0.1) is 5.10 Å². The van der Waals surface area contributed by atoms with Gasteiger partial charge in [-0.1, -0.05) is 28.9 Å². The molecule has 0 amide bonds. The van der Waals surface area contributed by atoms with E-state index in [1.165, 1.54) is 16.7 Å². The molecule has 1 aromatic heterocycles. The summed E-state index contributed by atoms with van der Waals surface area (Å²) in [4.78, 5) is 0. The first-order chi connectivity index (χ1) is 7.15. The molecule has 0 fully saturated rings. The smallest absolute Gasteiger partial charge is 0.312 e. The summed E-state index contributed by atoms with van der Waals surface area (Å²) >= 11 is 0. The van der Waals surface area contributed by atoms with E-state index < -0.39 is 0 Å². The second kappa shape index (κ2) is 3.73. The van der Waals surface area contributed by atoms with Gasteiger partial charge in [0.25, 0.3) is 0 Å². The number of benzene rings is 1. The van der Waals surface area contributed by atoms with Crippen LogP contribution in [0.1, 0.15) is 22.6 Å². The van der Waals surface area contributed by atoms with Crippen molar-refractivity contribution < 1.29 is 4.42 Å². The van der Waals surface area contributed by atoms with E-state index in [-0.39, 0.29) is 6.01 Å². The summed E-state index contributed by atoms with van der Waals surface area (Å²) in [6.45, 7) is 4.14. The average Bonchev–Trinajstić information content (AvgIpc) is 2.56. The van der Waals surface area contributed by atoms with Crippen LogP contribution >= 0.6 is 0 Å². The summed E-state index contributed by atoms with van der Waals surface area (Å²) in [7, 11) is 0. The van der Waals surface area contributed by atoms with Crippen LogP contribution in [-0.4, -0.2) is 10.2 Å². The summed E-state index contributed by atoms with van der Waals surface area (Å²) in [6.07, 6.45) is 0.635. The van der Waals surface area contributed by atoms with Crippen molar-refractivity contribution in [1.29, 1.82) is 0 Å². The Morgan fingerprint density at radius 2 is 2.07 bits per heavy atom. The molecule has 2 N–H and O–H groups in total. The molecule has 0 radical (unpaired) electrons. The van der Waals surface area contributed by atoms with Gasteiger partial charge >= 0.3 is 6.01 Å². The number of hydrogen-bond acceptors (Lipinski definition) is 4. The number of nitrogens with zero attached hydrogens (tertiary/aromatic N) is 2. The number of anilines is 1. The molecule has 15 heavy (non-hydrogen) atoms. The van der Waals surface area contributed by atoms with Crippen molar-refractivity contribution in [3.8, 4) is 0 Å². The maximum atomic E-state index is 5.35. The fourth-order valence-corrected chi connectivity index (χ4v) is 1.55. The standard InChI is InChI=1S/C11H13N3O/c1-7-3-4-9(8(2)5-7)6-10-13-14-11(12)15-10/h3-5H,6H2,1-2H3,(H2,12,14). The van der Waals surface area contributed by atoms with Crippen molar-refractivity contribution in [3.63, 3.8) is 0 Å². The Bertz CT molecular complexity index is 476. The predicted molar refractivity (Wildman–Crippen MR) is 57.4 cm³/mol. The minimum absolute atomic E-state index is 0.120. The van der Waals surface area contributed by atoms with Crippen LogP contribution in [0.5, 0.6) is 0 Å². The Labute approximate surface area is 88.1 Å². The van der Waals surface area contributed by atoms with E-state index in [0.717, 1.165) is 0 Å². The lowest BCUT2D eigenvalue weighted by Crippen LogP contribution is -1.92. The van der Waals surface area contributed by atoms with Gasteiger partial charge in [-0.25, -0.2) is 0 Å². The fourth-order valence-electron chi connectivity index (χ4n) is 1.55. The maximum absolute atomic E-state index is 5.35. The van der Waals surface area contributed by atoms with Gasteiger partial charge in [-0.05, 0) is 25.0 Å². The molecular formula is C11H13N3O. The number of hydrogen-bond donors (Lipinski definition) is 1. The van der Waals surface area contributed by atoms with Crippen molar-refractivity contribution in [2.75, 3.05) is 5.73 Å². The van der Waals surface area contributed by atoms with E-state index in [2.05, 4.69) is 42.2 Å². The molecule has 0 aliphatic carbocycles. The lowest BCUT2D eigenvalue weighted by atomic mass is 10.0. The second-order valence-corrected chi connectivity index (χ2v) is 3.64. The Balaban J connectivity index is 2.24. The van der Waals surface area contributed by atoms with Gasteiger partial charge in [0.2, 0.25) is 5.89 Å². The van der Waals surface area contributed by atoms with E-state index >= 15 is 0 Å². The number of rotatable bonds is 2. The summed E-state index contributed by atoms with van der Waals surface area (Å²) < 4.78 is 5.13.